The summed E-state index contributed by atoms with van der Waals surface area (Å²) in [7, 11) is 0. The lowest BCUT2D eigenvalue weighted by atomic mass is 10.1. The van der Waals surface area contributed by atoms with E-state index in [9.17, 15) is 23.3 Å². The molecule has 33 heavy (non-hydrogen) atoms. The lowest BCUT2D eigenvalue weighted by Gasteiger charge is -2.11. The van der Waals surface area contributed by atoms with Crippen LogP contribution >= 0.6 is 39.1 Å². The third-order valence-electron chi connectivity index (χ3n) is 4.26. The molecule has 0 aromatic heterocycles. The monoisotopic (exact) mass is 561 g/mol. The highest BCUT2D eigenvalue weighted by atomic mass is 79.9. The Bertz CT molecular complexity index is 1220. The Morgan fingerprint density at radius 2 is 1.85 bits per heavy atom. The van der Waals surface area contributed by atoms with Crippen molar-refractivity contribution in [1.29, 1.82) is 0 Å². The third kappa shape index (κ3) is 6.59. The minimum Gasteiger partial charge on any atom is -0.488 e. The van der Waals surface area contributed by atoms with Crippen LogP contribution in [0.1, 0.15) is 16.7 Å². The number of alkyl halides is 3. The van der Waals surface area contributed by atoms with Gasteiger partial charge in [0.25, 0.3) is 5.69 Å². The minimum absolute atomic E-state index is 0.178. The Morgan fingerprint density at radius 3 is 2.52 bits per heavy atom. The van der Waals surface area contributed by atoms with Gasteiger partial charge in [0.15, 0.2) is 0 Å². The van der Waals surface area contributed by atoms with Gasteiger partial charge in [0, 0.05) is 16.1 Å². The summed E-state index contributed by atoms with van der Waals surface area (Å²) in [6.07, 6.45) is -3.38. The molecule has 6 nitrogen and oxygen atoms in total. The number of rotatable bonds is 7. The second kappa shape index (κ2) is 10.4. The van der Waals surface area contributed by atoms with Gasteiger partial charge in [-0.25, -0.2) is 0 Å². The zero-order chi connectivity index (χ0) is 24.2. The molecule has 0 saturated heterocycles. The van der Waals surface area contributed by atoms with Gasteiger partial charge in [-0.2, -0.15) is 18.3 Å². The lowest BCUT2D eigenvalue weighted by Crippen LogP contribution is -2.06. The fourth-order valence-corrected chi connectivity index (χ4v) is 3.37. The van der Waals surface area contributed by atoms with E-state index >= 15 is 0 Å². The topological polar surface area (TPSA) is 76.8 Å². The minimum atomic E-state index is -4.70. The maximum absolute atomic E-state index is 12.9. The second-order valence-corrected chi connectivity index (χ2v) is 8.31. The summed E-state index contributed by atoms with van der Waals surface area (Å²) in [5, 5.41) is 15.9. The van der Waals surface area contributed by atoms with Gasteiger partial charge in [0.05, 0.1) is 26.7 Å². The fraction of sp³-hybridized carbons (Fsp3) is 0.0952. The number of nitro benzene ring substituents is 1. The standard InChI is InChI=1S/C21H13BrCl2F3N3O3/c22-15-3-6-20(33-11-12-1-4-16(23)17(24)7-12)13(8-15)10-28-29-18-5-2-14(21(25,26)27)9-19(18)30(31)32/h1-10,29H,11H2/b28-10-. The summed E-state index contributed by atoms with van der Waals surface area (Å²) < 4.78 is 45.1. The van der Waals surface area contributed by atoms with Crippen LogP contribution in [-0.2, 0) is 12.8 Å². The molecule has 0 bridgehead atoms. The number of nitrogens with one attached hydrogen (secondary N) is 1. The van der Waals surface area contributed by atoms with Crippen LogP contribution in [0, 0.1) is 10.1 Å². The van der Waals surface area contributed by atoms with Crippen molar-refractivity contribution in [2.45, 2.75) is 12.8 Å². The predicted molar refractivity (Wildman–Crippen MR) is 124 cm³/mol. The molecule has 0 amide bonds. The number of nitro groups is 1. The zero-order valence-electron chi connectivity index (χ0n) is 16.4. The van der Waals surface area contributed by atoms with E-state index in [4.69, 9.17) is 27.9 Å². The Balaban J connectivity index is 1.79. The number of ether oxygens (including phenoxy) is 1. The molecule has 3 aromatic rings. The molecule has 172 valence electrons. The SMILES string of the molecule is O=[N+]([O-])c1cc(C(F)(F)F)ccc1N/N=C\c1cc(Br)ccc1OCc1ccc(Cl)c(Cl)c1. The number of hydrazone groups is 1. The van der Waals surface area contributed by atoms with Crippen LogP contribution in [0.5, 0.6) is 5.75 Å². The van der Waals surface area contributed by atoms with Crippen LogP contribution in [0.3, 0.4) is 0 Å². The van der Waals surface area contributed by atoms with Crippen LogP contribution < -0.4 is 10.2 Å². The van der Waals surface area contributed by atoms with Crippen LogP contribution in [-0.4, -0.2) is 11.1 Å². The first-order chi connectivity index (χ1) is 15.5. The molecular weight excluding hydrogens is 550 g/mol. The van der Waals surface area contributed by atoms with Gasteiger partial charge in [-0.3, -0.25) is 15.5 Å². The van der Waals surface area contributed by atoms with E-state index in [1.165, 1.54) is 6.21 Å². The van der Waals surface area contributed by atoms with Crippen molar-refractivity contribution in [2.75, 3.05) is 5.43 Å². The summed E-state index contributed by atoms with van der Waals surface area (Å²) >= 11 is 15.3. The molecule has 0 heterocycles. The number of hydrogen-bond acceptors (Lipinski definition) is 5. The highest BCUT2D eigenvalue weighted by molar-refractivity contribution is 9.10. The summed E-state index contributed by atoms with van der Waals surface area (Å²) in [6.45, 7) is 0.178. The maximum Gasteiger partial charge on any atom is 0.416 e. The van der Waals surface area contributed by atoms with E-state index in [1.54, 1.807) is 36.4 Å². The first kappa shape index (κ1) is 24.8. The molecule has 3 aromatic carbocycles. The van der Waals surface area contributed by atoms with Gasteiger partial charge in [-0.15, -0.1) is 0 Å². The summed E-state index contributed by atoms with van der Waals surface area (Å²) in [4.78, 5) is 10.3. The van der Waals surface area contributed by atoms with Crippen molar-refractivity contribution in [3.8, 4) is 5.75 Å². The van der Waals surface area contributed by atoms with E-state index in [-0.39, 0.29) is 12.3 Å². The van der Waals surface area contributed by atoms with Gasteiger partial charge in [0.2, 0.25) is 0 Å². The quantitative estimate of drug-likeness (QED) is 0.182. The Hall–Kier alpha value is -2.82. The van der Waals surface area contributed by atoms with Crippen molar-refractivity contribution in [2.24, 2.45) is 5.10 Å². The molecule has 0 fully saturated rings. The Kier molecular flexibility index (Phi) is 7.83. The number of nitrogens with zero attached hydrogens (tertiary/aromatic N) is 2. The fourth-order valence-electron chi connectivity index (χ4n) is 2.67. The van der Waals surface area contributed by atoms with Crippen molar-refractivity contribution < 1.29 is 22.8 Å². The van der Waals surface area contributed by atoms with E-state index in [0.717, 1.165) is 17.7 Å². The Morgan fingerprint density at radius 1 is 1.09 bits per heavy atom. The normalized spacial score (nSPS) is 11.6. The average Bonchev–Trinajstić information content (AvgIpc) is 2.74. The van der Waals surface area contributed by atoms with Crippen LogP contribution in [0.4, 0.5) is 24.5 Å². The molecule has 0 radical (unpaired) electrons. The molecule has 3 rings (SSSR count). The highest BCUT2D eigenvalue weighted by Gasteiger charge is 2.33. The highest BCUT2D eigenvalue weighted by Crippen LogP contribution is 2.35. The smallest absolute Gasteiger partial charge is 0.416 e. The molecule has 1 N–H and O–H groups in total. The second-order valence-electron chi connectivity index (χ2n) is 6.58. The summed E-state index contributed by atoms with van der Waals surface area (Å²) in [6, 6.07) is 12.3. The molecule has 0 atom stereocenters. The van der Waals surface area contributed by atoms with Crippen molar-refractivity contribution in [1.82, 2.24) is 0 Å². The maximum atomic E-state index is 12.9. The van der Waals surface area contributed by atoms with Crippen molar-refractivity contribution in [3.05, 3.63) is 95.9 Å². The van der Waals surface area contributed by atoms with Crippen LogP contribution in [0.15, 0.2) is 64.2 Å². The van der Waals surface area contributed by atoms with Gasteiger partial charge in [-0.05, 0) is 48.0 Å². The summed E-state index contributed by atoms with van der Waals surface area (Å²) in [5.41, 5.74) is 1.61. The van der Waals surface area contributed by atoms with E-state index in [1.807, 2.05) is 0 Å². The van der Waals surface area contributed by atoms with Gasteiger partial charge in [-0.1, -0.05) is 45.2 Å². The van der Waals surface area contributed by atoms with Crippen molar-refractivity contribution in [3.63, 3.8) is 0 Å². The van der Waals surface area contributed by atoms with E-state index < -0.39 is 22.4 Å². The van der Waals surface area contributed by atoms with Gasteiger partial charge in [0.1, 0.15) is 18.0 Å². The first-order valence-electron chi connectivity index (χ1n) is 9.05. The van der Waals surface area contributed by atoms with Gasteiger partial charge >= 0.3 is 6.18 Å². The number of benzene rings is 3. The number of halogens is 6. The molecule has 0 aliphatic heterocycles. The van der Waals surface area contributed by atoms with Gasteiger partial charge < -0.3 is 4.74 Å². The predicted octanol–water partition coefficient (Wildman–Crippen LogP) is 7.71. The molecule has 12 heteroatoms. The third-order valence-corrected chi connectivity index (χ3v) is 5.49. The average molecular weight is 563 g/mol. The largest absolute Gasteiger partial charge is 0.488 e. The van der Waals surface area contributed by atoms with E-state index in [0.29, 0.717) is 31.9 Å². The molecule has 0 aliphatic rings. The Labute approximate surface area is 204 Å². The van der Waals surface area contributed by atoms with Crippen LogP contribution in [0.2, 0.25) is 10.0 Å². The number of hydrogen-bond donors (Lipinski definition) is 1. The van der Waals surface area contributed by atoms with E-state index in [2.05, 4.69) is 26.5 Å². The molecule has 0 saturated carbocycles. The molecular formula is C21H13BrCl2F3N3O3. The molecule has 0 aliphatic carbocycles. The summed E-state index contributed by atoms with van der Waals surface area (Å²) in [5.74, 6) is 0.441. The number of anilines is 1. The zero-order valence-corrected chi connectivity index (χ0v) is 19.5. The van der Waals surface area contributed by atoms with Crippen molar-refractivity contribution >= 4 is 56.7 Å². The first-order valence-corrected chi connectivity index (χ1v) is 10.6. The lowest BCUT2D eigenvalue weighted by molar-refractivity contribution is -0.384. The molecule has 0 spiro atoms. The molecule has 0 unspecified atom stereocenters. The van der Waals surface area contributed by atoms with Crippen LogP contribution in [0.25, 0.3) is 0 Å².